The summed E-state index contributed by atoms with van der Waals surface area (Å²) in [6.07, 6.45) is 4.96. The van der Waals surface area contributed by atoms with Crippen molar-refractivity contribution in [2.45, 2.75) is 69.6 Å². The van der Waals surface area contributed by atoms with Gasteiger partial charge in [0.1, 0.15) is 6.04 Å². The van der Waals surface area contributed by atoms with E-state index in [9.17, 15) is 19.2 Å². The molecule has 0 unspecified atom stereocenters. The molecule has 10 nitrogen and oxygen atoms in total. The molecule has 0 aromatic carbocycles. The SMILES string of the molecule is CN[C@@H](C)C(=O)N[C@H](C(=O)N1CC[C@@H]2[C@H]1[C@@H](C(N)=O)CN2C(=O)OC)C1CCCCC1. The van der Waals surface area contributed by atoms with Gasteiger partial charge in [0.2, 0.25) is 17.7 Å². The number of nitrogens with zero attached hydrogens (tertiary/aromatic N) is 2. The van der Waals surface area contributed by atoms with Crippen LogP contribution in [0.1, 0.15) is 45.4 Å². The zero-order valence-electron chi connectivity index (χ0n) is 18.6. The number of rotatable bonds is 6. The highest BCUT2D eigenvalue weighted by molar-refractivity contribution is 5.91. The number of likely N-dealkylation sites (tertiary alicyclic amines) is 2. The van der Waals surface area contributed by atoms with Gasteiger partial charge >= 0.3 is 6.09 Å². The van der Waals surface area contributed by atoms with Crippen molar-refractivity contribution in [2.75, 3.05) is 27.2 Å². The molecule has 3 fully saturated rings. The maximum absolute atomic E-state index is 13.8. The van der Waals surface area contributed by atoms with Crippen LogP contribution in [0.25, 0.3) is 0 Å². The van der Waals surface area contributed by atoms with Crippen LogP contribution in [0.3, 0.4) is 0 Å². The molecule has 2 saturated heterocycles. The van der Waals surface area contributed by atoms with E-state index in [-0.39, 0.29) is 30.3 Å². The highest BCUT2D eigenvalue weighted by atomic mass is 16.5. The van der Waals surface area contributed by atoms with Crippen molar-refractivity contribution in [1.29, 1.82) is 0 Å². The Morgan fingerprint density at radius 3 is 2.32 bits per heavy atom. The summed E-state index contributed by atoms with van der Waals surface area (Å²) in [4.78, 5) is 54.0. The van der Waals surface area contributed by atoms with Gasteiger partial charge in [-0.3, -0.25) is 14.4 Å². The zero-order valence-corrected chi connectivity index (χ0v) is 18.6. The molecule has 0 radical (unpaired) electrons. The Morgan fingerprint density at radius 1 is 1.06 bits per heavy atom. The number of primary amides is 1. The third-order valence-corrected chi connectivity index (χ3v) is 7.19. The average Bonchev–Trinajstić information content (AvgIpc) is 3.37. The monoisotopic (exact) mass is 437 g/mol. The molecule has 10 heteroatoms. The van der Waals surface area contributed by atoms with E-state index in [4.69, 9.17) is 10.5 Å². The van der Waals surface area contributed by atoms with Crippen molar-refractivity contribution in [2.24, 2.45) is 17.6 Å². The fourth-order valence-corrected chi connectivity index (χ4v) is 5.36. The van der Waals surface area contributed by atoms with Gasteiger partial charge in [-0.1, -0.05) is 19.3 Å². The highest BCUT2D eigenvalue weighted by Gasteiger charge is 2.55. The summed E-state index contributed by atoms with van der Waals surface area (Å²) in [7, 11) is 2.99. The van der Waals surface area contributed by atoms with Crippen LogP contribution in [0.15, 0.2) is 0 Å². The summed E-state index contributed by atoms with van der Waals surface area (Å²) >= 11 is 0. The Hall–Kier alpha value is -2.36. The van der Waals surface area contributed by atoms with Gasteiger partial charge in [-0.15, -0.1) is 0 Å². The van der Waals surface area contributed by atoms with E-state index in [0.29, 0.717) is 13.0 Å². The van der Waals surface area contributed by atoms with E-state index in [1.54, 1.807) is 18.9 Å². The third kappa shape index (κ3) is 4.63. The molecule has 1 saturated carbocycles. The van der Waals surface area contributed by atoms with Crippen LogP contribution in [0.5, 0.6) is 0 Å². The number of amides is 4. The van der Waals surface area contributed by atoms with Gasteiger partial charge < -0.3 is 30.9 Å². The Morgan fingerprint density at radius 2 is 1.74 bits per heavy atom. The molecule has 174 valence electrons. The second-order valence-corrected chi connectivity index (χ2v) is 8.90. The van der Waals surface area contributed by atoms with Gasteiger partial charge in [0.05, 0.1) is 31.2 Å². The lowest BCUT2D eigenvalue weighted by Crippen LogP contribution is -2.58. The van der Waals surface area contributed by atoms with Crippen molar-refractivity contribution in [3.8, 4) is 0 Å². The summed E-state index contributed by atoms with van der Waals surface area (Å²) in [5.74, 6) is -1.55. The Bertz CT molecular complexity index is 710. The standard InChI is InChI=1S/C21H35N5O5/c1-12(23-2)19(28)24-16(13-7-5-4-6-8-13)20(29)25-10-9-15-17(25)14(18(22)27)11-26(15)21(30)31-3/h12-17,23H,4-11H2,1-3H3,(H2,22,27)(H,24,28)/t12-,14-,15+,16-,17+/m0/s1. The first-order chi connectivity index (χ1) is 14.8. The smallest absolute Gasteiger partial charge is 0.409 e. The maximum atomic E-state index is 13.8. The molecular formula is C21H35N5O5. The van der Waals surface area contributed by atoms with Crippen molar-refractivity contribution in [3.63, 3.8) is 0 Å². The van der Waals surface area contributed by atoms with E-state index in [0.717, 1.165) is 32.1 Å². The van der Waals surface area contributed by atoms with Crippen LogP contribution in [0.4, 0.5) is 4.79 Å². The number of likely N-dealkylation sites (N-methyl/N-ethyl adjacent to an activating group) is 1. The van der Waals surface area contributed by atoms with E-state index >= 15 is 0 Å². The van der Waals surface area contributed by atoms with Gasteiger partial charge in [0, 0.05) is 13.1 Å². The van der Waals surface area contributed by atoms with E-state index in [2.05, 4.69) is 10.6 Å². The Labute approximate surface area is 183 Å². The fourth-order valence-electron chi connectivity index (χ4n) is 5.36. The number of fused-ring (bicyclic) bond motifs is 1. The molecule has 0 spiro atoms. The number of hydrogen-bond donors (Lipinski definition) is 3. The number of carbonyl (C=O) groups excluding carboxylic acids is 4. The number of ether oxygens (including phenoxy) is 1. The lowest BCUT2D eigenvalue weighted by atomic mass is 9.83. The quantitative estimate of drug-likeness (QED) is 0.527. The fraction of sp³-hybridized carbons (Fsp3) is 0.810. The summed E-state index contributed by atoms with van der Waals surface area (Å²) in [5, 5.41) is 5.88. The first kappa shape index (κ1) is 23.3. The molecule has 0 bridgehead atoms. The van der Waals surface area contributed by atoms with Crippen molar-refractivity contribution in [3.05, 3.63) is 0 Å². The molecule has 3 aliphatic rings. The van der Waals surface area contributed by atoms with Crippen LogP contribution >= 0.6 is 0 Å². The number of methoxy groups -OCH3 is 1. The predicted octanol–water partition coefficient (Wildman–Crippen LogP) is -0.188. The zero-order chi connectivity index (χ0) is 22.7. The number of nitrogens with two attached hydrogens (primary N) is 1. The average molecular weight is 438 g/mol. The molecule has 4 N–H and O–H groups in total. The first-order valence-corrected chi connectivity index (χ1v) is 11.2. The molecule has 1 aliphatic carbocycles. The second-order valence-electron chi connectivity index (χ2n) is 8.90. The second kappa shape index (κ2) is 9.84. The molecule has 2 heterocycles. The summed E-state index contributed by atoms with van der Waals surface area (Å²) in [6, 6.07) is -1.88. The van der Waals surface area contributed by atoms with Gasteiger partial charge in [0.15, 0.2) is 0 Å². The summed E-state index contributed by atoms with van der Waals surface area (Å²) in [5.41, 5.74) is 5.64. The topological polar surface area (TPSA) is 134 Å². The first-order valence-electron chi connectivity index (χ1n) is 11.2. The maximum Gasteiger partial charge on any atom is 0.409 e. The van der Waals surface area contributed by atoms with Gasteiger partial charge in [0.25, 0.3) is 0 Å². The predicted molar refractivity (Wildman–Crippen MR) is 113 cm³/mol. The molecule has 4 amide bonds. The third-order valence-electron chi connectivity index (χ3n) is 7.19. The van der Waals surface area contributed by atoms with Crippen LogP contribution < -0.4 is 16.4 Å². The lowest BCUT2D eigenvalue weighted by Gasteiger charge is -2.36. The van der Waals surface area contributed by atoms with Crippen molar-refractivity contribution >= 4 is 23.8 Å². The minimum atomic E-state index is -0.658. The van der Waals surface area contributed by atoms with Crippen LogP contribution in [-0.4, -0.2) is 85.0 Å². The minimum Gasteiger partial charge on any atom is -0.453 e. The van der Waals surface area contributed by atoms with Crippen LogP contribution in [-0.2, 0) is 19.1 Å². The van der Waals surface area contributed by atoms with E-state index in [1.165, 1.54) is 12.0 Å². The summed E-state index contributed by atoms with van der Waals surface area (Å²) < 4.78 is 4.87. The van der Waals surface area contributed by atoms with Gasteiger partial charge in [-0.2, -0.15) is 0 Å². The minimum absolute atomic E-state index is 0.0541. The Kier molecular flexibility index (Phi) is 7.40. The van der Waals surface area contributed by atoms with Crippen molar-refractivity contribution in [1.82, 2.24) is 20.4 Å². The molecular weight excluding hydrogens is 402 g/mol. The lowest BCUT2D eigenvalue weighted by molar-refractivity contribution is -0.141. The van der Waals surface area contributed by atoms with E-state index < -0.39 is 36.0 Å². The summed E-state index contributed by atoms with van der Waals surface area (Å²) in [6.45, 7) is 2.29. The highest BCUT2D eigenvalue weighted by Crippen LogP contribution is 2.37. The van der Waals surface area contributed by atoms with E-state index in [1.807, 2.05) is 0 Å². The molecule has 31 heavy (non-hydrogen) atoms. The van der Waals surface area contributed by atoms with Crippen molar-refractivity contribution < 1.29 is 23.9 Å². The molecule has 2 aliphatic heterocycles. The van der Waals surface area contributed by atoms with Crippen LogP contribution in [0.2, 0.25) is 0 Å². The van der Waals surface area contributed by atoms with Gasteiger partial charge in [-0.05, 0) is 39.2 Å². The van der Waals surface area contributed by atoms with Gasteiger partial charge in [-0.25, -0.2) is 4.79 Å². The Balaban J connectivity index is 1.85. The molecule has 5 atom stereocenters. The number of carbonyl (C=O) groups is 4. The molecule has 3 rings (SSSR count). The number of nitrogens with one attached hydrogen (secondary N) is 2. The molecule has 0 aromatic heterocycles. The van der Waals surface area contributed by atoms with Crippen LogP contribution in [0, 0.1) is 11.8 Å². The normalized spacial score (nSPS) is 28.0. The number of hydrogen-bond acceptors (Lipinski definition) is 6. The molecule has 0 aromatic rings. The largest absolute Gasteiger partial charge is 0.453 e.